The Morgan fingerprint density at radius 3 is 2.68 bits per heavy atom. The zero-order valence-electron chi connectivity index (χ0n) is 11.5. The number of rotatable bonds is 7. The lowest BCUT2D eigenvalue weighted by atomic mass is 9.90. The molecule has 0 N–H and O–H groups in total. The van der Waals surface area contributed by atoms with Gasteiger partial charge in [-0.3, -0.25) is 4.79 Å². The fraction of sp³-hybridized carbons (Fsp3) is 0.438. The molecule has 3 heteroatoms. The summed E-state index contributed by atoms with van der Waals surface area (Å²) in [5, 5.41) is 0. The van der Waals surface area contributed by atoms with Crippen LogP contribution in [-0.4, -0.2) is 20.0 Å². The highest BCUT2D eigenvalue weighted by Gasteiger charge is 2.36. The highest BCUT2D eigenvalue weighted by Crippen LogP contribution is 2.41. The summed E-state index contributed by atoms with van der Waals surface area (Å²) in [6, 6.07) is 5.34. The standard InChI is InChI=1S/C16H20O3/c1-4-5-13(11-6-7-11)16(17)14-9-8-12(18-2)10-15(14)19-3/h4,8-11,13H,1,5-7H2,2-3H3. The number of hydrogen-bond donors (Lipinski definition) is 0. The van der Waals surface area contributed by atoms with Gasteiger partial charge in [-0.2, -0.15) is 0 Å². The van der Waals surface area contributed by atoms with Gasteiger partial charge in [0.15, 0.2) is 5.78 Å². The predicted molar refractivity (Wildman–Crippen MR) is 74.9 cm³/mol. The minimum atomic E-state index is 0.0415. The highest BCUT2D eigenvalue weighted by molar-refractivity contribution is 6.01. The van der Waals surface area contributed by atoms with E-state index in [9.17, 15) is 4.79 Å². The molecule has 19 heavy (non-hydrogen) atoms. The first kappa shape index (κ1) is 13.7. The molecule has 1 aromatic rings. The third-order valence-electron chi connectivity index (χ3n) is 3.62. The van der Waals surface area contributed by atoms with Crippen LogP contribution in [0.25, 0.3) is 0 Å². The van der Waals surface area contributed by atoms with Crippen LogP contribution in [0.3, 0.4) is 0 Å². The van der Waals surface area contributed by atoms with Gasteiger partial charge in [-0.05, 0) is 37.3 Å². The number of Topliss-reactive ketones (excluding diaryl/α,β-unsaturated/α-hetero) is 1. The van der Waals surface area contributed by atoms with Gasteiger partial charge >= 0.3 is 0 Å². The van der Waals surface area contributed by atoms with Gasteiger partial charge < -0.3 is 9.47 Å². The Kier molecular flexibility index (Phi) is 4.25. The molecule has 1 aliphatic rings. The van der Waals surface area contributed by atoms with Gasteiger partial charge in [-0.25, -0.2) is 0 Å². The summed E-state index contributed by atoms with van der Waals surface area (Å²) >= 11 is 0. The van der Waals surface area contributed by atoms with Gasteiger partial charge in [-0.15, -0.1) is 6.58 Å². The minimum absolute atomic E-state index is 0.0415. The maximum absolute atomic E-state index is 12.6. The topological polar surface area (TPSA) is 35.5 Å². The van der Waals surface area contributed by atoms with Crippen LogP contribution in [0.2, 0.25) is 0 Å². The molecule has 3 nitrogen and oxygen atoms in total. The zero-order chi connectivity index (χ0) is 13.8. The van der Waals surface area contributed by atoms with Crippen LogP contribution in [-0.2, 0) is 0 Å². The molecule has 1 atom stereocenters. The van der Waals surface area contributed by atoms with Gasteiger partial charge in [0.05, 0.1) is 19.8 Å². The summed E-state index contributed by atoms with van der Waals surface area (Å²) in [5.74, 6) is 1.98. The van der Waals surface area contributed by atoms with Gasteiger partial charge in [0.25, 0.3) is 0 Å². The molecule has 2 rings (SSSR count). The average Bonchev–Trinajstić information content (AvgIpc) is 3.27. The van der Waals surface area contributed by atoms with Crippen molar-refractivity contribution in [1.29, 1.82) is 0 Å². The molecule has 0 radical (unpaired) electrons. The third kappa shape index (κ3) is 2.98. The first-order valence-corrected chi connectivity index (χ1v) is 6.58. The quantitative estimate of drug-likeness (QED) is 0.556. The van der Waals surface area contributed by atoms with Crippen molar-refractivity contribution in [2.24, 2.45) is 11.8 Å². The molecule has 1 saturated carbocycles. The summed E-state index contributed by atoms with van der Waals surface area (Å²) in [6.07, 6.45) is 4.85. The molecule has 1 unspecified atom stereocenters. The number of allylic oxidation sites excluding steroid dienone is 1. The summed E-state index contributed by atoms with van der Waals surface area (Å²) in [4.78, 5) is 12.6. The van der Waals surface area contributed by atoms with Crippen LogP contribution >= 0.6 is 0 Å². The van der Waals surface area contributed by atoms with E-state index in [0.29, 0.717) is 23.0 Å². The summed E-state index contributed by atoms with van der Waals surface area (Å²) in [7, 11) is 3.17. The Morgan fingerprint density at radius 2 is 2.16 bits per heavy atom. The van der Waals surface area contributed by atoms with Crippen LogP contribution in [0, 0.1) is 11.8 Å². The van der Waals surface area contributed by atoms with Crippen molar-refractivity contribution in [2.45, 2.75) is 19.3 Å². The van der Waals surface area contributed by atoms with Crippen molar-refractivity contribution in [1.82, 2.24) is 0 Å². The Morgan fingerprint density at radius 1 is 1.42 bits per heavy atom. The van der Waals surface area contributed by atoms with Gasteiger partial charge in [0.2, 0.25) is 0 Å². The molecular formula is C16H20O3. The molecule has 102 valence electrons. The van der Waals surface area contributed by atoms with E-state index in [0.717, 1.165) is 19.3 Å². The van der Waals surface area contributed by atoms with E-state index in [4.69, 9.17) is 9.47 Å². The molecule has 0 saturated heterocycles. The van der Waals surface area contributed by atoms with Crippen molar-refractivity contribution in [3.8, 4) is 11.5 Å². The fourth-order valence-electron chi connectivity index (χ4n) is 2.39. The zero-order valence-corrected chi connectivity index (χ0v) is 11.5. The van der Waals surface area contributed by atoms with Crippen molar-refractivity contribution >= 4 is 5.78 Å². The van der Waals surface area contributed by atoms with E-state index in [2.05, 4.69) is 6.58 Å². The molecule has 0 aliphatic heterocycles. The number of carbonyl (C=O) groups excluding carboxylic acids is 1. The average molecular weight is 260 g/mol. The summed E-state index contributed by atoms with van der Waals surface area (Å²) in [6.45, 7) is 3.75. The smallest absolute Gasteiger partial charge is 0.170 e. The van der Waals surface area contributed by atoms with Gasteiger partial charge in [0, 0.05) is 12.0 Å². The predicted octanol–water partition coefficient (Wildman–Crippen LogP) is 3.49. The largest absolute Gasteiger partial charge is 0.497 e. The van der Waals surface area contributed by atoms with Crippen LogP contribution < -0.4 is 9.47 Å². The second-order valence-corrected chi connectivity index (χ2v) is 4.90. The van der Waals surface area contributed by atoms with Crippen LogP contribution in [0.5, 0.6) is 11.5 Å². The molecule has 0 heterocycles. The first-order chi connectivity index (χ1) is 9.21. The van der Waals surface area contributed by atoms with Crippen LogP contribution in [0.15, 0.2) is 30.9 Å². The van der Waals surface area contributed by atoms with E-state index < -0.39 is 0 Å². The lowest BCUT2D eigenvalue weighted by Gasteiger charge is -2.15. The lowest BCUT2D eigenvalue weighted by molar-refractivity contribution is 0.0902. The number of ether oxygens (including phenoxy) is 2. The van der Waals surface area contributed by atoms with Gasteiger partial charge in [-0.1, -0.05) is 6.08 Å². The van der Waals surface area contributed by atoms with E-state index >= 15 is 0 Å². The first-order valence-electron chi connectivity index (χ1n) is 6.58. The molecule has 1 fully saturated rings. The van der Waals surface area contributed by atoms with E-state index in [-0.39, 0.29) is 11.7 Å². The highest BCUT2D eigenvalue weighted by atomic mass is 16.5. The molecule has 0 amide bonds. The lowest BCUT2D eigenvalue weighted by Crippen LogP contribution is -2.17. The Labute approximate surface area is 114 Å². The van der Waals surface area contributed by atoms with E-state index in [1.54, 1.807) is 32.4 Å². The summed E-state index contributed by atoms with van der Waals surface area (Å²) in [5.41, 5.74) is 0.641. The van der Waals surface area contributed by atoms with E-state index in [1.165, 1.54) is 0 Å². The molecule has 0 spiro atoms. The number of carbonyl (C=O) groups is 1. The molecule has 0 aromatic heterocycles. The maximum atomic E-state index is 12.6. The number of benzene rings is 1. The monoisotopic (exact) mass is 260 g/mol. The normalized spacial score (nSPS) is 15.7. The maximum Gasteiger partial charge on any atom is 0.170 e. The minimum Gasteiger partial charge on any atom is -0.497 e. The van der Waals surface area contributed by atoms with Crippen LogP contribution in [0.4, 0.5) is 0 Å². The number of hydrogen-bond acceptors (Lipinski definition) is 3. The molecule has 1 aliphatic carbocycles. The summed E-state index contributed by atoms with van der Waals surface area (Å²) < 4.78 is 10.5. The Bertz CT molecular complexity index is 475. The fourth-order valence-corrected chi connectivity index (χ4v) is 2.39. The van der Waals surface area contributed by atoms with Gasteiger partial charge in [0.1, 0.15) is 11.5 Å². The second kappa shape index (κ2) is 5.91. The van der Waals surface area contributed by atoms with Crippen LogP contribution in [0.1, 0.15) is 29.6 Å². The molecule has 0 bridgehead atoms. The SMILES string of the molecule is C=CCC(C(=O)c1ccc(OC)cc1OC)C1CC1. The van der Waals surface area contributed by atoms with E-state index in [1.807, 2.05) is 6.08 Å². The number of ketones is 1. The number of methoxy groups -OCH3 is 2. The van der Waals surface area contributed by atoms with Crippen molar-refractivity contribution in [3.05, 3.63) is 36.4 Å². The third-order valence-corrected chi connectivity index (χ3v) is 3.62. The Hall–Kier alpha value is -1.77. The second-order valence-electron chi connectivity index (χ2n) is 4.90. The van der Waals surface area contributed by atoms with Crippen molar-refractivity contribution in [3.63, 3.8) is 0 Å². The van der Waals surface area contributed by atoms with Crippen molar-refractivity contribution < 1.29 is 14.3 Å². The Balaban J connectivity index is 2.28. The molecule has 1 aromatic carbocycles. The van der Waals surface area contributed by atoms with Crippen molar-refractivity contribution in [2.75, 3.05) is 14.2 Å². The molecular weight excluding hydrogens is 240 g/mol.